The van der Waals surface area contributed by atoms with Crippen molar-refractivity contribution in [3.8, 4) is 17.2 Å². The minimum absolute atomic E-state index is 0.117. The standard InChI is InChI=1S/C32H32ClFN2O7/c1-5-10-35-28(38)18-8-7-17-19(25(18)30(35)40)14-20-29(39)36(16-6-9-22(34)21(33)13-16)31(41)32(20,2)26(17)15-11-23(42-3)27(37)24(12-15)43-4/h6-7,9,11-13,18-20,25-26,37H,5,8,10,14H2,1-4H3. The largest absolute Gasteiger partial charge is 0.502 e. The van der Waals surface area contributed by atoms with E-state index < -0.39 is 52.6 Å². The Labute approximate surface area is 253 Å². The van der Waals surface area contributed by atoms with Crippen molar-refractivity contribution in [3.05, 3.63) is 58.4 Å². The molecule has 6 unspecified atom stereocenters. The lowest BCUT2D eigenvalue weighted by Crippen LogP contribution is -2.48. The summed E-state index contributed by atoms with van der Waals surface area (Å²) in [4.78, 5) is 58.1. The average molecular weight is 611 g/mol. The van der Waals surface area contributed by atoms with Gasteiger partial charge in [-0.05, 0) is 68.0 Å². The van der Waals surface area contributed by atoms with E-state index in [1.807, 2.05) is 13.0 Å². The maximum atomic E-state index is 14.5. The van der Waals surface area contributed by atoms with E-state index in [4.69, 9.17) is 21.1 Å². The molecule has 2 aromatic carbocycles. The zero-order chi connectivity index (χ0) is 31.0. The van der Waals surface area contributed by atoms with E-state index in [0.717, 1.165) is 16.5 Å². The number of phenolic OH excluding ortho intramolecular Hbond substituents is 1. The van der Waals surface area contributed by atoms with E-state index in [0.29, 0.717) is 24.9 Å². The molecule has 3 fully saturated rings. The maximum Gasteiger partial charge on any atom is 0.241 e. The number of carbonyl (C=O) groups is 4. The predicted molar refractivity (Wildman–Crippen MR) is 154 cm³/mol. The molecule has 6 atom stereocenters. The number of likely N-dealkylation sites (tertiary alicyclic amines) is 1. The molecule has 0 bridgehead atoms. The summed E-state index contributed by atoms with van der Waals surface area (Å²) in [6.45, 7) is 3.95. The molecule has 1 saturated carbocycles. The zero-order valence-corrected chi connectivity index (χ0v) is 25.0. The second kappa shape index (κ2) is 10.4. The highest BCUT2D eigenvalue weighted by Gasteiger charge is 2.67. The number of hydrogen-bond donors (Lipinski definition) is 1. The number of rotatable bonds is 6. The minimum Gasteiger partial charge on any atom is -0.502 e. The van der Waals surface area contributed by atoms with Gasteiger partial charge in [0.05, 0.1) is 48.1 Å². The third-order valence-corrected chi connectivity index (χ3v) is 10.1. The highest BCUT2D eigenvalue weighted by Crippen LogP contribution is 2.64. The first-order valence-electron chi connectivity index (χ1n) is 14.3. The monoisotopic (exact) mass is 610 g/mol. The summed E-state index contributed by atoms with van der Waals surface area (Å²) in [6.07, 6.45) is 3.08. The van der Waals surface area contributed by atoms with E-state index >= 15 is 0 Å². The number of fused-ring (bicyclic) bond motifs is 4. The molecule has 0 spiro atoms. The molecule has 2 aromatic rings. The van der Waals surface area contributed by atoms with Gasteiger partial charge in [-0.2, -0.15) is 0 Å². The van der Waals surface area contributed by atoms with Crippen molar-refractivity contribution >= 4 is 40.9 Å². The molecule has 6 rings (SSSR count). The Hall–Kier alpha value is -3.92. The number of aromatic hydroxyl groups is 1. The van der Waals surface area contributed by atoms with Gasteiger partial charge in [0.1, 0.15) is 5.82 Å². The molecule has 11 heteroatoms. The van der Waals surface area contributed by atoms with Gasteiger partial charge < -0.3 is 14.6 Å². The number of benzene rings is 2. The second-order valence-corrected chi connectivity index (χ2v) is 12.3. The molecular weight excluding hydrogens is 579 g/mol. The van der Waals surface area contributed by atoms with E-state index in [9.17, 15) is 28.7 Å². The Bertz CT molecular complexity index is 1580. The molecule has 0 radical (unpaired) electrons. The summed E-state index contributed by atoms with van der Waals surface area (Å²) >= 11 is 6.05. The lowest BCUT2D eigenvalue weighted by atomic mass is 9.51. The summed E-state index contributed by atoms with van der Waals surface area (Å²) < 4.78 is 24.9. The number of nitrogens with zero attached hydrogens (tertiary/aromatic N) is 2. The Morgan fingerprint density at radius 2 is 1.70 bits per heavy atom. The Morgan fingerprint density at radius 1 is 1.02 bits per heavy atom. The number of methoxy groups -OCH3 is 2. The topological polar surface area (TPSA) is 113 Å². The van der Waals surface area contributed by atoms with Crippen LogP contribution >= 0.6 is 11.6 Å². The molecule has 43 heavy (non-hydrogen) atoms. The summed E-state index contributed by atoms with van der Waals surface area (Å²) in [5.74, 6) is -5.41. The number of allylic oxidation sites excluding steroid dienone is 2. The highest BCUT2D eigenvalue weighted by molar-refractivity contribution is 6.31. The fourth-order valence-electron chi connectivity index (χ4n) is 7.86. The van der Waals surface area contributed by atoms with Crippen LogP contribution in [0.4, 0.5) is 10.1 Å². The number of amides is 4. The van der Waals surface area contributed by atoms with Crippen molar-refractivity contribution in [2.75, 3.05) is 25.7 Å². The van der Waals surface area contributed by atoms with Crippen LogP contribution in [0.25, 0.3) is 0 Å². The molecule has 226 valence electrons. The molecule has 9 nitrogen and oxygen atoms in total. The second-order valence-electron chi connectivity index (χ2n) is 11.9. The van der Waals surface area contributed by atoms with Gasteiger partial charge in [-0.15, -0.1) is 0 Å². The van der Waals surface area contributed by atoms with Gasteiger partial charge in [0, 0.05) is 12.5 Å². The zero-order valence-electron chi connectivity index (χ0n) is 24.2. The fraction of sp³-hybridized carbons (Fsp3) is 0.438. The first kappa shape index (κ1) is 29.2. The molecule has 2 saturated heterocycles. The van der Waals surface area contributed by atoms with E-state index in [1.165, 1.54) is 31.3 Å². The van der Waals surface area contributed by atoms with Crippen LogP contribution in [0.3, 0.4) is 0 Å². The van der Waals surface area contributed by atoms with Gasteiger partial charge in [-0.1, -0.05) is 30.2 Å². The van der Waals surface area contributed by atoms with Crippen LogP contribution in [0.2, 0.25) is 5.02 Å². The van der Waals surface area contributed by atoms with Crippen LogP contribution in [0.1, 0.15) is 44.6 Å². The number of phenols is 1. The number of hydrogen-bond acceptors (Lipinski definition) is 7. The molecule has 0 aromatic heterocycles. The molecule has 4 aliphatic rings. The van der Waals surface area contributed by atoms with Crippen LogP contribution in [0.5, 0.6) is 17.2 Å². The van der Waals surface area contributed by atoms with Gasteiger partial charge in [0.25, 0.3) is 0 Å². The van der Waals surface area contributed by atoms with Gasteiger partial charge in [-0.3, -0.25) is 24.1 Å². The summed E-state index contributed by atoms with van der Waals surface area (Å²) in [7, 11) is 2.79. The Morgan fingerprint density at radius 3 is 2.30 bits per heavy atom. The van der Waals surface area contributed by atoms with Crippen LogP contribution < -0.4 is 14.4 Å². The third-order valence-electron chi connectivity index (χ3n) is 9.81. The maximum absolute atomic E-state index is 14.5. The number of carbonyl (C=O) groups excluding carboxylic acids is 4. The molecular formula is C32H32ClFN2O7. The first-order valence-corrected chi connectivity index (χ1v) is 14.7. The number of halogens is 2. The Kier molecular flexibility index (Phi) is 7.03. The smallest absolute Gasteiger partial charge is 0.241 e. The molecule has 4 amide bonds. The summed E-state index contributed by atoms with van der Waals surface area (Å²) in [5.41, 5.74) is 0.146. The molecule has 2 heterocycles. The van der Waals surface area contributed by atoms with Gasteiger partial charge in [-0.25, -0.2) is 9.29 Å². The molecule has 2 aliphatic carbocycles. The predicted octanol–water partition coefficient (Wildman–Crippen LogP) is 4.84. The number of anilines is 1. The minimum atomic E-state index is -1.34. The summed E-state index contributed by atoms with van der Waals surface area (Å²) in [5, 5.41) is 10.4. The van der Waals surface area contributed by atoms with Gasteiger partial charge in [0.15, 0.2) is 11.5 Å². The van der Waals surface area contributed by atoms with Crippen molar-refractivity contribution in [1.29, 1.82) is 0 Å². The van der Waals surface area contributed by atoms with Gasteiger partial charge >= 0.3 is 0 Å². The van der Waals surface area contributed by atoms with E-state index in [-0.39, 0.29) is 46.2 Å². The molecule has 1 N–H and O–H groups in total. The van der Waals surface area contributed by atoms with Crippen LogP contribution in [-0.2, 0) is 19.2 Å². The van der Waals surface area contributed by atoms with E-state index in [1.54, 1.807) is 19.1 Å². The van der Waals surface area contributed by atoms with Crippen molar-refractivity contribution in [1.82, 2.24) is 4.90 Å². The quantitative estimate of drug-likeness (QED) is 0.368. The number of ether oxygens (including phenoxy) is 2. The summed E-state index contributed by atoms with van der Waals surface area (Å²) in [6, 6.07) is 6.91. The third kappa shape index (κ3) is 4.02. The lowest BCUT2D eigenvalue weighted by molar-refractivity contribution is -0.140. The average Bonchev–Trinajstić information content (AvgIpc) is 3.34. The van der Waals surface area contributed by atoms with Crippen molar-refractivity contribution in [2.45, 2.75) is 39.0 Å². The van der Waals surface area contributed by atoms with Crippen LogP contribution in [-0.4, -0.2) is 54.4 Å². The number of imide groups is 2. The van der Waals surface area contributed by atoms with Crippen molar-refractivity contribution < 1.29 is 38.1 Å². The normalized spacial score (nSPS) is 29.8. The fourth-order valence-corrected chi connectivity index (χ4v) is 8.03. The van der Waals surface area contributed by atoms with Crippen molar-refractivity contribution in [3.63, 3.8) is 0 Å². The van der Waals surface area contributed by atoms with Crippen molar-refractivity contribution in [2.24, 2.45) is 29.1 Å². The molecule has 2 aliphatic heterocycles. The van der Waals surface area contributed by atoms with Crippen LogP contribution in [0, 0.1) is 34.9 Å². The lowest BCUT2D eigenvalue weighted by Gasteiger charge is -2.49. The highest BCUT2D eigenvalue weighted by atomic mass is 35.5. The SMILES string of the molecule is CCCN1C(=O)C2CC=C3C(CC4C(=O)N(c5ccc(F)c(Cl)c5)C(=O)C4(C)C3c3cc(OC)c(O)c(OC)c3)C2C1=O. The van der Waals surface area contributed by atoms with Gasteiger partial charge in [0.2, 0.25) is 29.4 Å². The Balaban J connectivity index is 1.55. The van der Waals surface area contributed by atoms with E-state index in [2.05, 4.69) is 0 Å². The van der Waals surface area contributed by atoms with Crippen LogP contribution in [0.15, 0.2) is 42.0 Å². The first-order chi connectivity index (χ1) is 20.5.